The summed E-state index contributed by atoms with van der Waals surface area (Å²) in [6.45, 7) is 4.59. The molecule has 0 bridgehead atoms. The summed E-state index contributed by atoms with van der Waals surface area (Å²) >= 11 is 1.39. The Labute approximate surface area is 150 Å². The topological polar surface area (TPSA) is 63.2 Å². The fraction of sp³-hybridized carbons (Fsp3) is 0.158. The highest BCUT2D eigenvalue weighted by atomic mass is 32.1. The van der Waals surface area contributed by atoms with Gasteiger partial charge in [0.15, 0.2) is 5.13 Å². The van der Waals surface area contributed by atoms with E-state index in [9.17, 15) is 4.79 Å². The third-order valence-corrected chi connectivity index (χ3v) is 4.25. The van der Waals surface area contributed by atoms with Gasteiger partial charge in [-0.3, -0.25) is 5.32 Å². The van der Waals surface area contributed by atoms with E-state index in [0.717, 1.165) is 28.3 Å². The quantitative estimate of drug-likeness (QED) is 0.666. The lowest BCUT2D eigenvalue weighted by Gasteiger charge is -2.05. The lowest BCUT2D eigenvalue weighted by molar-refractivity contribution is 0.262. The molecule has 0 fully saturated rings. The zero-order valence-corrected chi connectivity index (χ0v) is 14.9. The molecule has 1 aromatic heterocycles. The minimum absolute atomic E-state index is 0.309. The van der Waals surface area contributed by atoms with Gasteiger partial charge in [-0.25, -0.2) is 9.78 Å². The SMILES string of the molecule is CCOc1ccc(-c2csc(NC(=O)Nc3ccc(C)cc3)n2)cc1. The van der Waals surface area contributed by atoms with Crippen LogP contribution in [0.5, 0.6) is 5.75 Å². The average Bonchev–Trinajstić information content (AvgIpc) is 3.06. The van der Waals surface area contributed by atoms with Crippen molar-refractivity contribution in [2.75, 3.05) is 17.2 Å². The van der Waals surface area contributed by atoms with Crippen molar-refractivity contribution < 1.29 is 9.53 Å². The van der Waals surface area contributed by atoms with Crippen LogP contribution in [0.4, 0.5) is 15.6 Å². The van der Waals surface area contributed by atoms with Crippen molar-refractivity contribution in [1.82, 2.24) is 4.98 Å². The van der Waals surface area contributed by atoms with Crippen LogP contribution in [0.15, 0.2) is 53.9 Å². The maximum absolute atomic E-state index is 12.1. The first-order valence-corrected chi connectivity index (χ1v) is 8.85. The fourth-order valence-electron chi connectivity index (χ4n) is 2.25. The van der Waals surface area contributed by atoms with Gasteiger partial charge in [0.2, 0.25) is 0 Å². The number of hydrogen-bond acceptors (Lipinski definition) is 4. The molecule has 5 nitrogen and oxygen atoms in total. The Morgan fingerprint density at radius 3 is 2.48 bits per heavy atom. The lowest BCUT2D eigenvalue weighted by Crippen LogP contribution is -2.19. The Morgan fingerprint density at radius 2 is 1.80 bits per heavy atom. The molecular formula is C19H19N3O2S. The van der Waals surface area contributed by atoms with Gasteiger partial charge in [-0.05, 0) is 50.2 Å². The number of carbonyl (C=O) groups is 1. The van der Waals surface area contributed by atoms with Gasteiger partial charge in [0.05, 0.1) is 12.3 Å². The molecule has 0 radical (unpaired) electrons. The molecule has 2 aromatic carbocycles. The summed E-state index contributed by atoms with van der Waals surface area (Å²) in [5.74, 6) is 0.831. The van der Waals surface area contributed by atoms with E-state index in [1.54, 1.807) is 0 Å². The summed E-state index contributed by atoms with van der Waals surface area (Å²) in [5, 5.41) is 8.01. The van der Waals surface area contributed by atoms with E-state index in [-0.39, 0.29) is 6.03 Å². The second-order valence-electron chi connectivity index (χ2n) is 5.44. The highest BCUT2D eigenvalue weighted by molar-refractivity contribution is 7.14. The van der Waals surface area contributed by atoms with Crippen LogP contribution in [0.25, 0.3) is 11.3 Å². The molecule has 2 amide bonds. The molecule has 0 aliphatic heterocycles. The molecule has 25 heavy (non-hydrogen) atoms. The molecule has 2 N–H and O–H groups in total. The van der Waals surface area contributed by atoms with Gasteiger partial charge in [0, 0.05) is 16.6 Å². The normalized spacial score (nSPS) is 10.3. The zero-order chi connectivity index (χ0) is 17.6. The second-order valence-corrected chi connectivity index (χ2v) is 6.30. The van der Waals surface area contributed by atoms with Crippen LogP contribution in [0.1, 0.15) is 12.5 Å². The number of nitrogens with zero attached hydrogens (tertiary/aromatic N) is 1. The number of benzene rings is 2. The van der Waals surface area contributed by atoms with Gasteiger partial charge in [-0.1, -0.05) is 17.7 Å². The Bertz CT molecular complexity index is 842. The summed E-state index contributed by atoms with van der Waals surface area (Å²) in [6.07, 6.45) is 0. The van der Waals surface area contributed by atoms with Crippen LogP contribution >= 0.6 is 11.3 Å². The van der Waals surface area contributed by atoms with Crippen molar-refractivity contribution in [3.63, 3.8) is 0 Å². The molecular weight excluding hydrogens is 334 g/mol. The number of nitrogens with one attached hydrogen (secondary N) is 2. The first-order chi connectivity index (χ1) is 12.1. The zero-order valence-electron chi connectivity index (χ0n) is 14.1. The van der Waals surface area contributed by atoms with Gasteiger partial charge in [-0.15, -0.1) is 11.3 Å². The van der Waals surface area contributed by atoms with Crippen molar-refractivity contribution in [2.24, 2.45) is 0 Å². The van der Waals surface area contributed by atoms with E-state index in [0.29, 0.717) is 11.7 Å². The molecule has 3 rings (SSSR count). The molecule has 0 aliphatic rings. The van der Waals surface area contributed by atoms with Gasteiger partial charge in [0.25, 0.3) is 0 Å². The third-order valence-electron chi connectivity index (χ3n) is 3.50. The van der Waals surface area contributed by atoms with Crippen molar-refractivity contribution >= 4 is 28.2 Å². The van der Waals surface area contributed by atoms with Crippen molar-refractivity contribution in [1.29, 1.82) is 0 Å². The van der Waals surface area contributed by atoms with Crippen LogP contribution in [-0.4, -0.2) is 17.6 Å². The van der Waals surface area contributed by atoms with Crippen LogP contribution in [0.3, 0.4) is 0 Å². The van der Waals surface area contributed by atoms with Gasteiger partial charge < -0.3 is 10.1 Å². The van der Waals surface area contributed by atoms with Crippen LogP contribution in [0.2, 0.25) is 0 Å². The molecule has 0 unspecified atom stereocenters. The first-order valence-electron chi connectivity index (χ1n) is 7.97. The van der Waals surface area contributed by atoms with E-state index < -0.39 is 0 Å². The largest absolute Gasteiger partial charge is 0.494 e. The molecule has 6 heteroatoms. The van der Waals surface area contributed by atoms with Gasteiger partial charge in [-0.2, -0.15) is 0 Å². The van der Waals surface area contributed by atoms with E-state index in [1.807, 2.05) is 67.8 Å². The number of anilines is 2. The number of aryl methyl sites for hydroxylation is 1. The summed E-state index contributed by atoms with van der Waals surface area (Å²) in [7, 11) is 0. The number of thiazole rings is 1. The third kappa shape index (κ3) is 4.58. The standard InChI is InChI=1S/C19H19N3O2S/c1-3-24-16-10-6-14(7-11-16)17-12-25-19(21-17)22-18(23)20-15-8-4-13(2)5-9-15/h4-12H,3H2,1-2H3,(H2,20,21,22,23). The Morgan fingerprint density at radius 1 is 1.08 bits per heavy atom. The molecule has 1 heterocycles. The Kier molecular flexibility index (Phi) is 5.30. The Hall–Kier alpha value is -2.86. The minimum Gasteiger partial charge on any atom is -0.494 e. The van der Waals surface area contributed by atoms with Crippen molar-refractivity contribution in [3.05, 3.63) is 59.5 Å². The fourth-order valence-corrected chi connectivity index (χ4v) is 2.96. The van der Waals surface area contributed by atoms with Crippen molar-refractivity contribution in [3.8, 4) is 17.0 Å². The number of rotatable bonds is 5. The molecule has 0 saturated heterocycles. The predicted octanol–water partition coefficient (Wildman–Crippen LogP) is 5.16. The number of urea groups is 1. The van der Waals surface area contributed by atoms with E-state index in [1.165, 1.54) is 11.3 Å². The Balaban J connectivity index is 1.62. The molecule has 0 atom stereocenters. The minimum atomic E-state index is -0.309. The van der Waals surface area contributed by atoms with Gasteiger partial charge >= 0.3 is 6.03 Å². The molecule has 0 spiro atoms. The number of amides is 2. The van der Waals surface area contributed by atoms with Crippen LogP contribution in [0, 0.1) is 6.92 Å². The van der Waals surface area contributed by atoms with Crippen LogP contribution < -0.4 is 15.4 Å². The van der Waals surface area contributed by atoms with E-state index >= 15 is 0 Å². The summed E-state index contributed by atoms with van der Waals surface area (Å²) in [6, 6.07) is 15.0. The number of ether oxygens (including phenoxy) is 1. The number of carbonyl (C=O) groups excluding carboxylic acids is 1. The predicted molar refractivity (Wildman–Crippen MR) is 103 cm³/mol. The summed E-state index contributed by atoms with van der Waals surface area (Å²) < 4.78 is 5.44. The highest BCUT2D eigenvalue weighted by Gasteiger charge is 2.08. The highest BCUT2D eigenvalue weighted by Crippen LogP contribution is 2.26. The smallest absolute Gasteiger partial charge is 0.325 e. The monoisotopic (exact) mass is 353 g/mol. The lowest BCUT2D eigenvalue weighted by atomic mass is 10.2. The molecule has 0 aliphatic carbocycles. The van der Waals surface area contributed by atoms with Gasteiger partial charge in [0.1, 0.15) is 5.75 Å². The summed E-state index contributed by atoms with van der Waals surface area (Å²) in [5.41, 5.74) is 3.68. The number of hydrogen-bond donors (Lipinski definition) is 2. The first kappa shape index (κ1) is 17.0. The second kappa shape index (κ2) is 7.81. The molecule has 128 valence electrons. The maximum Gasteiger partial charge on any atom is 0.325 e. The molecule has 3 aromatic rings. The number of aromatic nitrogens is 1. The van der Waals surface area contributed by atoms with Crippen molar-refractivity contribution in [2.45, 2.75) is 13.8 Å². The summed E-state index contributed by atoms with van der Waals surface area (Å²) in [4.78, 5) is 16.5. The van der Waals surface area contributed by atoms with E-state index in [2.05, 4.69) is 15.6 Å². The van der Waals surface area contributed by atoms with E-state index in [4.69, 9.17) is 4.74 Å². The average molecular weight is 353 g/mol. The van der Waals surface area contributed by atoms with Crippen LogP contribution in [-0.2, 0) is 0 Å². The maximum atomic E-state index is 12.1. The molecule has 0 saturated carbocycles.